The molecule has 0 aliphatic carbocycles. The van der Waals surface area contributed by atoms with E-state index in [1.807, 2.05) is 6.07 Å². The molecule has 1 amide bonds. The number of anilines is 1. The average Bonchev–Trinajstić information content (AvgIpc) is 2.36. The Kier molecular flexibility index (Phi) is 5.15. The Balaban J connectivity index is 2.58. The van der Waals surface area contributed by atoms with E-state index in [4.69, 9.17) is 21.6 Å². The van der Waals surface area contributed by atoms with E-state index in [-0.39, 0.29) is 22.9 Å². The molecule has 0 saturated heterocycles. The summed E-state index contributed by atoms with van der Waals surface area (Å²) in [5.41, 5.74) is 0.266. The third-order valence-electron chi connectivity index (χ3n) is 2.16. The highest BCUT2D eigenvalue weighted by atomic mass is 35.5. The lowest BCUT2D eigenvalue weighted by molar-refractivity contribution is -0.116. The Morgan fingerprint density at radius 3 is 2.94 bits per heavy atom. The molecular formula is C12H12ClN3O2. The molecular weight excluding hydrogens is 254 g/mol. The molecule has 1 aromatic rings. The van der Waals surface area contributed by atoms with Crippen molar-refractivity contribution < 1.29 is 9.53 Å². The monoisotopic (exact) mass is 265 g/mol. The summed E-state index contributed by atoms with van der Waals surface area (Å²) in [6.45, 7) is 3.61. The molecule has 0 spiro atoms. The van der Waals surface area contributed by atoms with Crippen molar-refractivity contribution in [2.75, 3.05) is 12.4 Å². The van der Waals surface area contributed by atoms with E-state index < -0.39 is 0 Å². The fourth-order valence-corrected chi connectivity index (χ4v) is 1.34. The third kappa shape index (κ3) is 4.07. The number of rotatable bonds is 5. The molecule has 0 radical (unpaired) electrons. The normalized spacial score (nSPS) is 9.39. The zero-order valence-electron chi connectivity index (χ0n) is 9.86. The van der Waals surface area contributed by atoms with Crippen LogP contribution in [-0.4, -0.2) is 18.0 Å². The lowest BCUT2D eigenvalue weighted by Crippen LogP contribution is -2.12. The van der Waals surface area contributed by atoms with Crippen LogP contribution >= 0.6 is 11.6 Å². The van der Waals surface area contributed by atoms with Gasteiger partial charge in [-0.3, -0.25) is 4.79 Å². The number of nitrogens with one attached hydrogen (secondary N) is 1. The maximum absolute atomic E-state index is 11.5. The maximum Gasteiger partial charge on any atom is 0.225 e. The average molecular weight is 266 g/mol. The van der Waals surface area contributed by atoms with Crippen molar-refractivity contribution >= 4 is 23.3 Å². The van der Waals surface area contributed by atoms with Gasteiger partial charge in [-0.05, 0) is 0 Å². The number of nitriles is 1. The van der Waals surface area contributed by atoms with Crippen molar-refractivity contribution in [1.29, 1.82) is 5.26 Å². The zero-order chi connectivity index (χ0) is 13.5. The number of halogens is 1. The van der Waals surface area contributed by atoms with E-state index in [1.165, 1.54) is 19.4 Å². The minimum Gasteiger partial charge on any atom is -0.502 e. The van der Waals surface area contributed by atoms with Gasteiger partial charge in [0.1, 0.15) is 11.9 Å². The molecule has 0 fully saturated rings. The molecule has 5 nitrogen and oxygen atoms in total. The largest absolute Gasteiger partial charge is 0.502 e. The molecule has 1 rings (SSSR count). The highest BCUT2D eigenvalue weighted by Crippen LogP contribution is 2.17. The lowest BCUT2D eigenvalue weighted by atomic mass is 10.2. The molecule has 1 heterocycles. The summed E-state index contributed by atoms with van der Waals surface area (Å²) in [5.74, 6) is 0.629. The zero-order valence-corrected chi connectivity index (χ0v) is 10.6. The van der Waals surface area contributed by atoms with Gasteiger partial charge < -0.3 is 10.1 Å². The first kappa shape index (κ1) is 14.0. The van der Waals surface area contributed by atoms with Crippen molar-refractivity contribution in [3.8, 4) is 6.07 Å². The van der Waals surface area contributed by atoms with Gasteiger partial charge in [-0.25, -0.2) is 4.98 Å². The fraction of sp³-hybridized carbons (Fsp3) is 0.250. The third-order valence-corrected chi connectivity index (χ3v) is 2.47. The number of amides is 1. The van der Waals surface area contributed by atoms with E-state index in [0.29, 0.717) is 18.0 Å². The Bertz CT molecular complexity index is 509. The van der Waals surface area contributed by atoms with Crippen LogP contribution in [0.1, 0.15) is 18.4 Å². The van der Waals surface area contributed by atoms with E-state index in [1.54, 1.807) is 0 Å². The Morgan fingerprint density at radius 2 is 2.39 bits per heavy atom. The number of allylic oxidation sites excluding steroid dienone is 1. The second-order valence-electron chi connectivity index (χ2n) is 3.45. The van der Waals surface area contributed by atoms with Crippen molar-refractivity contribution in [3.63, 3.8) is 0 Å². The maximum atomic E-state index is 11.5. The van der Waals surface area contributed by atoms with Gasteiger partial charge in [-0.2, -0.15) is 5.26 Å². The van der Waals surface area contributed by atoms with E-state index in [2.05, 4.69) is 16.9 Å². The van der Waals surface area contributed by atoms with Crippen LogP contribution < -0.4 is 5.32 Å². The topological polar surface area (TPSA) is 75.0 Å². The van der Waals surface area contributed by atoms with Crippen molar-refractivity contribution in [1.82, 2.24) is 4.98 Å². The minimum absolute atomic E-state index is 0.221. The van der Waals surface area contributed by atoms with Gasteiger partial charge in [0.2, 0.25) is 5.91 Å². The number of carbonyl (C=O) groups is 1. The highest BCUT2D eigenvalue weighted by Gasteiger charge is 2.07. The number of hydrogen-bond acceptors (Lipinski definition) is 4. The summed E-state index contributed by atoms with van der Waals surface area (Å²) in [6.07, 6.45) is 1.99. The quantitative estimate of drug-likeness (QED) is 0.830. The van der Waals surface area contributed by atoms with Crippen LogP contribution in [0, 0.1) is 11.3 Å². The smallest absolute Gasteiger partial charge is 0.225 e. The number of methoxy groups -OCH3 is 1. The summed E-state index contributed by atoms with van der Waals surface area (Å²) in [7, 11) is 1.50. The fourth-order valence-electron chi connectivity index (χ4n) is 1.14. The van der Waals surface area contributed by atoms with Crippen LogP contribution in [0.5, 0.6) is 0 Å². The molecule has 0 aliphatic rings. The minimum atomic E-state index is -0.221. The van der Waals surface area contributed by atoms with Gasteiger partial charge in [0.15, 0.2) is 0 Å². The second-order valence-corrected chi connectivity index (χ2v) is 3.86. The second kappa shape index (κ2) is 6.62. The van der Waals surface area contributed by atoms with Gasteiger partial charge in [-0.15, -0.1) is 0 Å². The van der Waals surface area contributed by atoms with Crippen LogP contribution in [0.2, 0.25) is 5.02 Å². The number of hydrogen-bond donors (Lipinski definition) is 1. The molecule has 0 saturated carbocycles. The summed E-state index contributed by atoms with van der Waals surface area (Å²) >= 11 is 5.82. The Labute approximate surface area is 110 Å². The summed E-state index contributed by atoms with van der Waals surface area (Å²) < 4.78 is 4.85. The van der Waals surface area contributed by atoms with Crippen LogP contribution in [0.15, 0.2) is 24.6 Å². The first-order valence-corrected chi connectivity index (χ1v) is 5.52. The number of pyridine rings is 1. The van der Waals surface area contributed by atoms with E-state index in [0.717, 1.165) is 0 Å². The van der Waals surface area contributed by atoms with Gasteiger partial charge >= 0.3 is 0 Å². The molecule has 0 atom stereocenters. The molecule has 0 aliphatic heterocycles. The van der Waals surface area contributed by atoms with Gasteiger partial charge in [0, 0.05) is 25.1 Å². The van der Waals surface area contributed by atoms with E-state index in [9.17, 15) is 4.79 Å². The number of nitrogens with zero attached hydrogens (tertiary/aromatic N) is 2. The van der Waals surface area contributed by atoms with Crippen LogP contribution in [-0.2, 0) is 9.53 Å². The van der Waals surface area contributed by atoms with Gasteiger partial charge in [-0.1, -0.05) is 18.2 Å². The standard InChI is InChI=1S/C12H12ClN3O2/c1-8(18-2)3-4-12(17)16-11-5-10(13)9(6-14)7-15-11/h5,7H,1,3-4H2,2H3,(H,15,16,17). The summed E-state index contributed by atoms with van der Waals surface area (Å²) in [5, 5.41) is 11.5. The SMILES string of the molecule is C=C(CCC(=O)Nc1cc(Cl)c(C#N)cn1)OC. The van der Waals surface area contributed by atoms with Gasteiger partial charge in [0.05, 0.1) is 23.5 Å². The van der Waals surface area contributed by atoms with Crippen molar-refractivity contribution in [2.24, 2.45) is 0 Å². The molecule has 18 heavy (non-hydrogen) atoms. The van der Waals surface area contributed by atoms with Gasteiger partial charge in [0.25, 0.3) is 0 Å². The number of carbonyl (C=O) groups excluding carboxylic acids is 1. The first-order valence-electron chi connectivity index (χ1n) is 5.14. The summed E-state index contributed by atoms with van der Waals surface area (Å²) in [4.78, 5) is 15.4. The Hall–Kier alpha value is -2.06. The summed E-state index contributed by atoms with van der Waals surface area (Å²) in [6, 6.07) is 3.32. The lowest BCUT2D eigenvalue weighted by Gasteiger charge is -2.06. The molecule has 1 aromatic heterocycles. The highest BCUT2D eigenvalue weighted by molar-refractivity contribution is 6.32. The van der Waals surface area contributed by atoms with Crippen LogP contribution in [0.25, 0.3) is 0 Å². The molecule has 6 heteroatoms. The van der Waals surface area contributed by atoms with Crippen LogP contribution in [0.3, 0.4) is 0 Å². The van der Waals surface area contributed by atoms with Crippen molar-refractivity contribution in [3.05, 3.63) is 35.2 Å². The molecule has 1 N–H and O–H groups in total. The molecule has 0 bridgehead atoms. The number of ether oxygens (including phenoxy) is 1. The number of aromatic nitrogens is 1. The Morgan fingerprint density at radius 1 is 1.67 bits per heavy atom. The first-order chi connectivity index (χ1) is 8.56. The van der Waals surface area contributed by atoms with E-state index >= 15 is 0 Å². The molecule has 0 unspecified atom stereocenters. The van der Waals surface area contributed by atoms with Crippen molar-refractivity contribution in [2.45, 2.75) is 12.8 Å². The van der Waals surface area contributed by atoms with Crippen LogP contribution in [0.4, 0.5) is 5.82 Å². The predicted molar refractivity (Wildman–Crippen MR) is 68.0 cm³/mol. The molecule has 94 valence electrons. The molecule has 0 aromatic carbocycles. The predicted octanol–water partition coefficient (Wildman–Crippen LogP) is 2.49.